The highest BCUT2D eigenvalue weighted by atomic mass is 35.5. The van der Waals surface area contributed by atoms with E-state index in [1.54, 1.807) is 12.4 Å². The maximum Gasteiger partial charge on any atom is 0.257 e. The minimum Gasteiger partial charge on any atom is -0.370 e. The van der Waals surface area contributed by atoms with Gasteiger partial charge in [0.25, 0.3) is 5.91 Å². The van der Waals surface area contributed by atoms with Crippen molar-refractivity contribution in [1.82, 2.24) is 15.1 Å². The molecule has 2 heterocycles. The lowest BCUT2D eigenvalue weighted by atomic mass is 10.1. The lowest BCUT2D eigenvalue weighted by Crippen LogP contribution is -2.48. The molecule has 3 rings (SSSR count). The first-order valence-corrected chi connectivity index (χ1v) is 7.20. The molecule has 1 amide bonds. The molecule has 1 N–H and O–H groups in total. The Morgan fingerprint density at radius 1 is 1.52 bits per heavy atom. The second-order valence-corrected chi connectivity index (χ2v) is 5.61. The minimum absolute atomic E-state index is 0.0304. The molecule has 1 aromatic carbocycles. The van der Waals surface area contributed by atoms with E-state index >= 15 is 0 Å². The Morgan fingerprint density at radius 2 is 2.38 bits per heavy atom. The number of carbonyl (C=O) groups excluding carboxylic acids is 1. The second-order valence-electron chi connectivity index (χ2n) is 5.17. The summed E-state index contributed by atoms with van der Waals surface area (Å²) in [4.78, 5) is 14.3. The number of aromatic amines is 1. The van der Waals surface area contributed by atoms with Gasteiger partial charge in [0.1, 0.15) is 6.10 Å². The summed E-state index contributed by atoms with van der Waals surface area (Å²) < 4.78 is 5.85. The summed E-state index contributed by atoms with van der Waals surface area (Å²) in [5.41, 5.74) is 1.55. The predicted molar refractivity (Wildman–Crippen MR) is 79.2 cm³/mol. The summed E-state index contributed by atoms with van der Waals surface area (Å²) in [7, 11) is 0. The first-order chi connectivity index (χ1) is 10.1. The van der Waals surface area contributed by atoms with Crippen LogP contribution in [0.1, 0.15) is 28.9 Å². The molecule has 110 valence electrons. The fourth-order valence-electron chi connectivity index (χ4n) is 2.48. The molecular formula is C15H16ClN3O2. The van der Waals surface area contributed by atoms with Crippen molar-refractivity contribution in [3.05, 3.63) is 52.8 Å². The van der Waals surface area contributed by atoms with Crippen LogP contribution >= 0.6 is 11.6 Å². The van der Waals surface area contributed by atoms with E-state index in [1.807, 2.05) is 36.1 Å². The first kappa shape index (κ1) is 14.1. The number of morpholine rings is 1. The van der Waals surface area contributed by atoms with E-state index in [4.69, 9.17) is 16.3 Å². The fraction of sp³-hybridized carbons (Fsp3) is 0.333. The fourth-order valence-corrected chi connectivity index (χ4v) is 2.68. The van der Waals surface area contributed by atoms with Gasteiger partial charge in [0, 0.05) is 11.2 Å². The van der Waals surface area contributed by atoms with Gasteiger partial charge in [-0.25, -0.2) is 0 Å². The summed E-state index contributed by atoms with van der Waals surface area (Å²) in [6, 6.07) is 7.59. The second kappa shape index (κ2) is 5.87. The van der Waals surface area contributed by atoms with Crippen LogP contribution in [0.25, 0.3) is 0 Å². The van der Waals surface area contributed by atoms with Crippen LogP contribution in [0.4, 0.5) is 0 Å². The van der Waals surface area contributed by atoms with E-state index in [1.165, 1.54) is 0 Å². The summed E-state index contributed by atoms with van der Waals surface area (Å²) in [5.74, 6) is -0.0356. The largest absolute Gasteiger partial charge is 0.370 e. The summed E-state index contributed by atoms with van der Waals surface area (Å²) in [6.07, 6.45) is 2.99. The average Bonchev–Trinajstić information content (AvgIpc) is 3.01. The minimum atomic E-state index is -0.157. The van der Waals surface area contributed by atoms with Gasteiger partial charge in [-0.05, 0) is 24.6 Å². The van der Waals surface area contributed by atoms with E-state index < -0.39 is 0 Å². The molecule has 2 aromatic rings. The van der Waals surface area contributed by atoms with Gasteiger partial charge in [-0.1, -0.05) is 23.7 Å². The Bertz CT molecular complexity index is 630. The van der Waals surface area contributed by atoms with Crippen LogP contribution < -0.4 is 0 Å². The predicted octanol–water partition coefficient (Wildman–Crippen LogP) is 2.67. The summed E-state index contributed by atoms with van der Waals surface area (Å²) in [5, 5.41) is 7.17. The highest BCUT2D eigenvalue weighted by molar-refractivity contribution is 6.30. The molecule has 1 saturated heterocycles. The highest BCUT2D eigenvalue weighted by Crippen LogP contribution is 2.27. The van der Waals surface area contributed by atoms with Crippen LogP contribution in [0.5, 0.6) is 0 Å². The van der Waals surface area contributed by atoms with Crippen LogP contribution in [0, 0.1) is 0 Å². The topological polar surface area (TPSA) is 58.2 Å². The van der Waals surface area contributed by atoms with Crippen molar-refractivity contribution < 1.29 is 9.53 Å². The van der Waals surface area contributed by atoms with Gasteiger partial charge in [-0.3, -0.25) is 9.89 Å². The van der Waals surface area contributed by atoms with Crippen molar-refractivity contribution in [2.24, 2.45) is 0 Å². The molecule has 0 bridgehead atoms. The van der Waals surface area contributed by atoms with Gasteiger partial charge < -0.3 is 9.64 Å². The Kier molecular flexibility index (Phi) is 3.94. The molecule has 0 radical (unpaired) electrons. The molecule has 21 heavy (non-hydrogen) atoms. The SMILES string of the molecule is C[C@H]1CO[C@H](c2cccc(Cl)c2)CN1C(=O)c1cn[nH]c1. The van der Waals surface area contributed by atoms with Gasteiger partial charge in [-0.2, -0.15) is 5.10 Å². The number of nitrogens with zero attached hydrogens (tertiary/aromatic N) is 2. The van der Waals surface area contributed by atoms with Gasteiger partial charge in [0.2, 0.25) is 0 Å². The highest BCUT2D eigenvalue weighted by Gasteiger charge is 2.31. The monoisotopic (exact) mass is 305 g/mol. The van der Waals surface area contributed by atoms with E-state index in [0.717, 1.165) is 5.56 Å². The molecule has 0 aliphatic carbocycles. The third-order valence-electron chi connectivity index (χ3n) is 3.66. The van der Waals surface area contributed by atoms with Crippen molar-refractivity contribution >= 4 is 17.5 Å². The Labute approximate surface area is 127 Å². The van der Waals surface area contributed by atoms with Gasteiger partial charge >= 0.3 is 0 Å². The quantitative estimate of drug-likeness (QED) is 0.928. The number of hydrogen-bond acceptors (Lipinski definition) is 3. The number of rotatable bonds is 2. The van der Waals surface area contributed by atoms with Gasteiger partial charge in [-0.15, -0.1) is 0 Å². The number of ether oxygens (including phenoxy) is 1. The summed E-state index contributed by atoms with van der Waals surface area (Å²) in [6.45, 7) is 2.98. The van der Waals surface area contributed by atoms with Crippen molar-refractivity contribution in [2.45, 2.75) is 19.1 Å². The average molecular weight is 306 g/mol. The number of carbonyl (C=O) groups is 1. The maximum atomic E-state index is 12.5. The molecule has 2 atom stereocenters. The zero-order valence-electron chi connectivity index (χ0n) is 11.6. The molecule has 6 heteroatoms. The number of amides is 1. The van der Waals surface area contributed by atoms with Crippen LogP contribution in [-0.4, -0.2) is 40.2 Å². The molecule has 5 nitrogen and oxygen atoms in total. The summed E-state index contributed by atoms with van der Waals surface area (Å²) >= 11 is 6.02. The Hall–Kier alpha value is -1.85. The molecule has 0 spiro atoms. The van der Waals surface area contributed by atoms with Crippen LogP contribution in [0.2, 0.25) is 5.02 Å². The number of H-pyrrole nitrogens is 1. The van der Waals surface area contributed by atoms with Crippen LogP contribution in [0.3, 0.4) is 0 Å². The standard InChI is InChI=1S/C15H16ClN3O2/c1-10-9-21-14(11-3-2-4-13(16)5-11)8-19(10)15(20)12-6-17-18-7-12/h2-7,10,14H,8-9H2,1H3,(H,17,18)/t10-,14-/m0/s1. The zero-order valence-corrected chi connectivity index (χ0v) is 12.4. The molecule has 1 aliphatic heterocycles. The third kappa shape index (κ3) is 2.94. The number of nitrogens with one attached hydrogen (secondary N) is 1. The lowest BCUT2D eigenvalue weighted by molar-refractivity contribution is -0.0486. The molecule has 1 aromatic heterocycles. The lowest BCUT2D eigenvalue weighted by Gasteiger charge is -2.38. The molecule has 0 saturated carbocycles. The number of aromatic nitrogens is 2. The van der Waals surface area contributed by atoms with Crippen molar-refractivity contribution in [1.29, 1.82) is 0 Å². The number of benzene rings is 1. The van der Waals surface area contributed by atoms with E-state index in [-0.39, 0.29) is 18.1 Å². The Morgan fingerprint density at radius 3 is 3.10 bits per heavy atom. The number of halogens is 1. The van der Waals surface area contributed by atoms with E-state index in [9.17, 15) is 4.79 Å². The zero-order chi connectivity index (χ0) is 14.8. The van der Waals surface area contributed by atoms with Crippen molar-refractivity contribution in [2.75, 3.05) is 13.2 Å². The molecule has 1 aliphatic rings. The molecule has 0 unspecified atom stereocenters. The van der Waals surface area contributed by atoms with E-state index in [2.05, 4.69) is 10.2 Å². The van der Waals surface area contributed by atoms with Crippen LogP contribution in [-0.2, 0) is 4.74 Å². The van der Waals surface area contributed by atoms with Crippen LogP contribution in [0.15, 0.2) is 36.7 Å². The van der Waals surface area contributed by atoms with Crippen molar-refractivity contribution in [3.8, 4) is 0 Å². The Balaban J connectivity index is 1.80. The van der Waals surface area contributed by atoms with Gasteiger partial charge in [0.15, 0.2) is 0 Å². The van der Waals surface area contributed by atoms with Crippen molar-refractivity contribution in [3.63, 3.8) is 0 Å². The molecular weight excluding hydrogens is 290 g/mol. The molecule has 1 fully saturated rings. The smallest absolute Gasteiger partial charge is 0.257 e. The van der Waals surface area contributed by atoms with Gasteiger partial charge in [0.05, 0.1) is 31.0 Å². The normalized spacial score (nSPS) is 22.3. The number of hydrogen-bond donors (Lipinski definition) is 1. The van der Waals surface area contributed by atoms with E-state index in [0.29, 0.717) is 23.7 Å². The third-order valence-corrected chi connectivity index (χ3v) is 3.89. The maximum absolute atomic E-state index is 12.5. The first-order valence-electron chi connectivity index (χ1n) is 6.82.